The number of nitrogens with one attached hydrogen (secondary N) is 1. The van der Waals surface area contributed by atoms with Crippen LogP contribution >= 0.6 is 0 Å². The second-order valence-electron chi connectivity index (χ2n) is 3.30. The van der Waals surface area contributed by atoms with Crippen LogP contribution in [0.5, 0.6) is 0 Å². The first-order valence-electron chi connectivity index (χ1n) is 4.22. The van der Waals surface area contributed by atoms with Gasteiger partial charge in [0.15, 0.2) is 10.1 Å². The molecule has 0 aliphatic carbocycles. The van der Waals surface area contributed by atoms with Gasteiger partial charge in [-0.3, -0.25) is 0 Å². The second kappa shape index (κ2) is 3.01. The summed E-state index contributed by atoms with van der Waals surface area (Å²) in [5, 5.41) is -0.372. The van der Waals surface area contributed by atoms with Crippen molar-refractivity contribution in [3.63, 3.8) is 0 Å². The fraction of sp³-hybridized carbons (Fsp3) is 0.250. The molecule has 15 heavy (non-hydrogen) atoms. The third-order valence-electron chi connectivity index (χ3n) is 2.06. The lowest BCUT2D eigenvalue weighted by molar-refractivity contribution is -0.521. The number of hydrogen-bond donors (Lipinski definition) is 1. The quantitative estimate of drug-likeness (QED) is 0.533. The average Bonchev–Trinajstić information content (AvgIpc) is 2.46. The van der Waals surface area contributed by atoms with Crippen LogP contribution in [-0.4, -0.2) is 22.9 Å². The van der Waals surface area contributed by atoms with Gasteiger partial charge in [0.1, 0.15) is 11.9 Å². The predicted molar refractivity (Wildman–Crippen MR) is 49.2 cm³/mol. The molecule has 1 N–H and O–H groups in total. The molecule has 0 atom stereocenters. The first kappa shape index (κ1) is 10.1. The Bertz CT molecular complexity index is 630. The third kappa shape index (κ3) is 1.71. The van der Waals surface area contributed by atoms with Crippen LogP contribution in [0.1, 0.15) is 11.4 Å². The SMILES string of the molecule is Cc1cc(C)[n+]2cc(S(=O)(=O)[O-])[nH]c2n1. The molecule has 0 amide bonds. The Balaban J connectivity index is 2.82. The van der Waals surface area contributed by atoms with E-state index in [1.54, 1.807) is 19.9 Å². The molecule has 0 saturated carbocycles. The number of aryl methyl sites for hydroxylation is 2. The summed E-state index contributed by atoms with van der Waals surface area (Å²) in [6.07, 6.45) is 1.24. The molecule has 80 valence electrons. The second-order valence-corrected chi connectivity index (χ2v) is 4.65. The molecule has 0 spiro atoms. The summed E-state index contributed by atoms with van der Waals surface area (Å²) in [6, 6.07) is 1.79. The molecule has 0 unspecified atom stereocenters. The number of hydrogen-bond acceptors (Lipinski definition) is 4. The van der Waals surface area contributed by atoms with Gasteiger partial charge in [-0.05, 0) is 13.8 Å². The van der Waals surface area contributed by atoms with Crippen LogP contribution in [0, 0.1) is 13.8 Å². The minimum atomic E-state index is -4.46. The Morgan fingerprint density at radius 2 is 2.13 bits per heavy atom. The normalized spacial score (nSPS) is 12.2. The lowest BCUT2D eigenvalue weighted by Crippen LogP contribution is -2.24. The largest absolute Gasteiger partial charge is 0.742 e. The maximum absolute atomic E-state index is 10.8. The van der Waals surface area contributed by atoms with Crippen LogP contribution in [0.4, 0.5) is 0 Å². The lowest BCUT2D eigenvalue weighted by Gasteiger charge is -1.97. The molecule has 0 bridgehead atoms. The maximum Gasteiger partial charge on any atom is 0.402 e. The zero-order valence-corrected chi connectivity index (χ0v) is 9.00. The molecule has 0 aliphatic heterocycles. The van der Waals surface area contributed by atoms with Gasteiger partial charge >= 0.3 is 5.78 Å². The summed E-state index contributed by atoms with van der Waals surface area (Å²) in [5.74, 6) is 0.349. The molecule has 0 aliphatic rings. The fourth-order valence-electron chi connectivity index (χ4n) is 1.43. The van der Waals surface area contributed by atoms with E-state index in [2.05, 4.69) is 9.97 Å². The van der Waals surface area contributed by atoms with Crippen molar-refractivity contribution in [1.82, 2.24) is 9.97 Å². The molecule has 0 fully saturated rings. The van der Waals surface area contributed by atoms with Gasteiger partial charge in [0.2, 0.25) is 5.03 Å². The number of nitrogens with zero attached hydrogens (tertiary/aromatic N) is 2. The van der Waals surface area contributed by atoms with E-state index in [4.69, 9.17) is 0 Å². The van der Waals surface area contributed by atoms with Crippen molar-refractivity contribution in [2.45, 2.75) is 18.9 Å². The van der Waals surface area contributed by atoms with E-state index in [1.165, 1.54) is 10.6 Å². The summed E-state index contributed by atoms with van der Waals surface area (Å²) in [5.41, 5.74) is 1.56. The van der Waals surface area contributed by atoms with Crippen molar-refractivity contribution >= 4 is 15.9 Å². The summed E-state index contributed by atoms with van der Waals surface area (Å²) in [4.78, 5) is 6.54. The molecule has 2 heterocycles. The van der Waals surface area contributed by atoms with Gasteiger partial charge < -0.3 is 4.55 Å². The summed E-state index contributed by atoms with van der Waals surface area (Å²) >= 11 is 0. The minimum absolute atomic E-state index is 0.349. The highest BCUT2D eigenvalue weighted by molar-refractivity contribution is 7.85. The molecule has 7 heteroatoms. The zero-order chi connectivity index (χ0) is 11.2. The molecular formula is C8H9N3O3S. The molecule has 0 aromatic carbocycles. The molecule has 2 aromatic rings. The smallest absolute Gasteiger partial charge is 0.402 e. The van der Waals surface area contributed by atoms with Crippen molar-refractivity contribution in [2.24, 2.45) is 0 Å². The van der Waals surface area contributed by atoms with Crippen LogP contribution in [0.15, 0.2) is 17.3 Å². The van der Waals surface area contributed by atoms with Crippen molar-refractivity contribution in [1.29, 1.82) is 0 Å². The van der Waals surface area contributed by atoms with Gasteiger partial charge in [0.25, 0.3) is 0 Å². The Morgan fingerprint density at radius 3 is 2.73 bits per heavy atom. The topological polar surface area (TPSA) is 90.0 Å². The summed E-state index contributed by atoms with van der Waals surface area (Å²) < 4.78 is 33.8. The van der Waals surface area contributed by atoms with Crippen LogP contribution < -0.4 is 4.40 Å². The molecule has 2 aromatic heterocycles. The van der Waals surface area contributed by atoms with Gasteiger partial charge in [-0.1, -0.05) is 4.98 Å². The van der Waals surface area contributed by atoms with Gasteiger partial charge in [-0.25, -0.2) is 17.8 Å². The third-order valence-corrected chi connectivity index (χ3v) is 2.81. The van der Waals surface area contributed by atoms with Crippen LogP contribution in [0.2, 0.25) is 0 Å². The molecule has 0 radical (unpaired) electrons. The molecule has 2 rings (SSSR count). The van der Waals surface area contributed by atoms with E-state index in [-0.39, 0.29) is 5.03 Å². The Kier molecular flexibility index (Phi) is 2.02. The monoisotopic (exact) mass is 227 g/mol. The van der Waals surface area contributed by atoms with Crippen molar-refractivity contribution in [3.8, 4) is 0 Å². The van der Waals surface area contributed by atoms with Gasteiger partial charge in [-0.15, -0.1) is 0 Å². The van der Waals surface area contributed by atoms with Crippen LogP contribution in [-0.2, 0) is 10.1 Å². The maximum atomic E-state index is 10.8. The highest BCUT2D eigenvalue weighted by atomic mass is 32.2. The van der Waals surface area contributed by atoms with E-state index in [9.17, 15) is 13.0 Å². The summed E-state index contributed by atoms with van der Waals surface area (Å²) in [6.45, 7) is 3.59. The summed E-state index contributed by atoms with van der Waals surface area (Å²) in [7, 11) is -4.46. The number of fused-ring (bicyclic) bond motifs is 1. The standard InChI is InChI=1S/C8H9N3O3S/c1-5-3-6(2)11-4-7(15(12,13)14)10-8(11)9-5/h3-4H,1-2H3,(H,12,13,14). The van der Waals surface area contributed by atoms with Gasteiger partial charge in [-0.2, -0.15) is 0 Å². The number of H-pyrrole nitrogens is 1. The highest BCUT2D eigenvalue weighted by Gasteiger charge is 2.16. The molecular weight excluding hydrogens is 218 g/mol. The molecule has 0 saturated heterocycles. The van der Waals surface area contributed by atoms with Gasteiger partial charge in [0.05, 0.1) is 5.69 Å². The highest BCUT2D eigenvalue weighted by Crippen LogP contribution is 2.05. The van der Waals surface area contributed by atoms with Crippen molar-refractivity contribution in [3.05, 3.63) is 23.7 Å². The van der Waals surface area contributed by atoms with E-state index in [1.807, 2.05) is 0 Å². The predicted octanol–water partition coefficient (Wildman–Crippen LogP) is -0.331. The Morgan fingerprint density at radius 1 is 1.47 bits per heavy atom. The van der Waals surface area contributed by atoms with Crippen molar-refractivity contribution in [2.75, 3.05) is 0 Å². The van der Waals surface area contributed by atoms with E-state index < -0.39 is 10.1 Å². The fourth-order valence-corrected chi connectivity index (χ4v) is 1.88. The molecule has 6 nitrogen and oxygen atoms in total. The van der Waals surface area contributed by atoms with E-state index >= 15 is 0 Å². The average molecular weight is 227 g/mol. The first-order valence-corrected chi connectivity index (χ1v) is 5.63. The van der Waals surface area contributed by atoms with Crippen LogP contribution in [0.3, 0.4) is 0 Å². The van der Waals surface area contributed by atoms with E-state index in [0.29, 0.717) is 5.78 Å². The lowest BCUT2D eigenvalue weighted by atomic mass is 10.3. The number of imidazole rings is 1. The van der Waals surface area contributed by atoms with E-state index in [0.717, 1.165) is 11.4 Å². The minimum Gasteiger partial charge on any atom is -0.742 e. The zero-order valence-electron chi connectivity index (χ0n) is 8.18. The Hall–Kier alpha value is -1.47. The van der Waals surface area contributed by atoms with Crippen molar-refractivity contribution < 1.29 is 17.4 Å². The Labute approximate surface area is 86.3 Å². The number of aromatic amines is 1. The van der Waals surface area contributed by atoms with Gasteiger partial charge in [0, 0.05) is 6.07 Å². The first-order chi connectivity index (χ1) is 6.88. The number of rotatable bonds is 1. The number of aromatic nitrogens is 3. The van der Waals surface area contributed by atoms with Crippen LogP contribution in [0.25, 0.3) is 5.78 Å².